The van der Waals surface area contributed by atoms with E-state index < -0.39 is 0 Å². The molecule has 1 N–H and O–H groups in total. The molecule has 0 fully saturated rings. The number of thiophene rings is 2. The number of benzene rings is 3. The highest BCUT2D eigenvalue weighted by Crippen LogP contribution is 2.36. The number of rotatable bonds is 7. The number of fused-ring (bicyclic) bond motifs is 5. The molecule has 2 aromatic heterocycles. The third-order valence-electron chi connectivity index (χ3n) is 6.18. The molecule has 0 spiro atoms. The Kier molecular flexibility index (Phi) is 6.54. The summed E-state index contributed by atoms with van der Waals surface area (Å²) in [6, 6.07) is 21.1. The normalized spacial score (nSPS) is 11.2. The Hall–Kier alpha value is -2.98. The van der Waals surface area contributed by atoms with Crippen molar-refractivity contribution in [2.24, 2.45) is 0 Å². The van der Waals surface area contributed by atoms with Crippen LogP contribution in [0.4, 0.5) is 0 Å². The molecule has 0 atom stereocenters. The van der Waals surface area contributed by atoms with Crippen LogP contribution in [0.5, 0.6) is 0 Å². The predicted octanol–water partition coefficient (Wildman–Crippen LogP) is 8.66. The average molecular weight is 466 g/mol. The SMILES string of the molecule is C#Cc1cc2cc3ccc4cc5cc(C#CNCCCCCCCC)sc5cc4c3cc2s1. The Balaban J connectivity index is 1.37. The molecule has 2 heterocycles. The summed E-state index contributed by atoms with van der Waals surface area (Å²) in [7, 11) is 0. The van der Waals surface area contributed by atoms with Gasteiger partial charge in [-0.05, 0) is 81.1 Å². The van der Waals surface area contributed by atoms with Gasteiger partial charge in [0.05, 0.1) is 9.75 Å². The van der Waals surface area contributed by atoms with Crippen molar-refractivity contribution in [3.05, 3.63) is 58.3 Å². The van der Waals surface area contributed by atoms with E-state index in [0.717, 1.165) is 16.3 Å². The van der Waals surface area contributed by atoms with Crippen LogP contribution in [0.2, 0.25) is 0 Å². The first-order valence-corrected chi connectivity index (χ1v) is 13.4. The summed E-state index contributed by atoms with van der Waals surface area (Å²) in [5, 5.41) is 10.9. The van der Waals surface area contributed by atoms with Crippen molar-refractivity contribution in [3.8, 4) is 24.3 Å². The number of hydrogen-bond acceptors (Lipinski definition) is 3. The molecule has 33 heavy (non-hydrogen) atoms. The van der Waals surface area contributed by atoms with Crippen LogP contribution < -0.4 is 5.32 Å². The molecule has 0 saturated heterocycles. The Morgan fingerprint density at radius 1 is 0.727 bits per heavy atom. The highest BCUT2D eigenvalue weighted by Gasteiger charge is 2.08. The second-order valence-electron chi connectivity index (χ2n) is 8.60. The molecule has 0 bridgehead atoms. The molecule has 0 aliphatic heterocycles. The maximum absolute atomic E-state index is 5.62. The monoisotopic (exact) mass is 465 g/mol. The molecular weight excluding hydrogens is 438 g/mol. The second-order valence-corrected chi connectivity index (χ2v) is 10.8. The van der Waals surface area contributed by atoms with E-state index in [-0.39, 0.29) is 0 Å². The Morgan fingerprint density at radius 2 is 1.33 bits per heavy atom. The molecule has 0 saturated carbocycles. The molecule has 5 aromatic rings. The summed E-state index contributed by atoms with van der Waals surface area (Å²) < 4.78 is 2.53. The molecule has 0 unspecified atom stereocenters. The standard InChI is InChI=1S/C30H27NS2/c1-3-5-6-7-8-9-13-31-14-12-26-18-24-16-22-11-10-21-15-23-17-25(4-2)32-29(23)19-27(21)28(22)20-30(24)33-26/h2,10-11,15-20,31H,3,5-9,13H2,1H3. The van der Waals surface area contributed by atoms with Gasteiger partial charge in [-0.2, -0.15) is 0 Å². The van der Waals surface area contributed by atoms with Crippen molar-refractivity contribution in [1.82, 2.24) is 5.32 Å². The van der Waals surface area contributed by atoms with Gasteiger partial charge >= 0.3 is 0 Å². The fraction of sp³-hybridized carbons (Fsp3) is 0.267. The molecule has 0 radical (unpaired) electrons. The lowest BCUT2D eigenvalue weighted by atomic mass is 10.00. The molecule has 0 aliphatic rings. The lowest BCUT2D eigenvalue weighted by molar-refractivity contribution is 0.600. The summed E-state index contributed by atoms with van der Waals surface area (Å²) in [5.74, 6) is 6.09. The highest BCUT2D eigenvalue weighted by atomic mass is 32.1. The largest absolute Gasteiger partial charge is 0.346 e. The van der Waals surface area contributed by atoms with Crippen LogP contribution in [-0.4, -0.2) is 6.54 Å². The minimum Gasteiger partial charge on any atom is -0.346 e. The van der Waals surface area contributed by atoms with Gasteiger partial charge in [-0.1, -0.05) is 57.1 Å². The Bertz CT molecular complexity index is 1550. The van der Waals surface area contributed by atoms with Gasteiger partial charge in [0.2, 0.25) is 0 Å². The average Bonchev–Trinajstić information content (AvgIpc) is 3.42. The number of unbranched alkanes of at least 4 members (excludes halogenated alkanes) is 5. The van der Waals surface area contributed by atoms with Gasteiger partial charge in [-0.15, -0.1) is 29.1 Å². The van der Waals surface area contributed by atoms with Gasteiger partial charge in [0.25, 0.3) is 0 Å². The summed E-state index contributed by atoms with van der Waals surface area (Å²) in [6.45, 7) is 3.23. The van der Waals surface area contributed by atoms with Gasteiger partial charge in [0.15, 0.2) is 0 Å². The van der Waals surface area contributed by atoms with Gasteiger partial charge in [0.1, 0.15) is 0 Å². The van der Waals surface area contributed by atoms with E-state index in [1.807, 2.05) is 0 Å². The highest BCUT2D eigenvalue weighted by molar-refractivity contribution is 7.20. The van der Waals surface area contributed by atoms with E-state index in [9.17, 15) is 0 Å². The topological polar surface area (TPSA) is 12.0 Å². The van der Waals surface area contributed by atoms with E-state index >= 15 is 0 Å². The summed E-state index contributed by atoms with van der Waals surface area (Å²) in [4.78, 5) is 2.10. The third kappa shape index (κ3) is 4.72. The summed E-state index contributed by atoms with van der Waals surface area (Å²) in [6.07, 6.45) is 13.5. The summed E-state index contributed by atoms with van der Waals surface area (Å²) >= 11 is 3.46. The first kappa shape index (κ1) is 21.8. The lowest BCUT2D eigenvalue weighted by Gasteiger charge is -2.05. The molecule has 164 valence electrons. The predicted molar refractivity (Wildman–Crippen MR) is 148 cm³/mol. The van der Waals surface area contributed by atoms with Crippen LogP contribution >= 0.6 is 22.7 Å². The first-order valence-electron chi connectivity index (χ1n) is 11.8. The maximum Gasteiger partial charge on any atom is 0.0799 e. The second kappa shape index (κ2) is 9.88. The van der Waals surface area contributed by atoms with E-state index in [0.29, 0.717) is 0 Å². The van der Waals surface area contributed by atoms with Crippen LogP contribution in [0.15, 0.2) is 48.5 Å². The van der Waals surface area contributed by atoms with Gasteiger partial charge in [0, 0.05) is 22.0 Å². The zero-order valence-corrected chi connectivity index (χ0v) is 20.6. The van der Waals surface area contributed by atoms with Crippen LogP contribution in [0.3, 0.4) is 0 Å². The smallest absolute Gasteiger partial charge is 0.0799 e. The third-order valence-corrected chi connectivity index (χ3v) is 8.22. The molecule has 1 nitrogen and oxygen atoms in total. The molecule has 3 aromatic carbocycles. The van der Waals surface area contributed by atoms with Crippen molar-refractivity contribution < 1.29 is 0 Å². The lowest BCUT2D eigenvalue weighted by Crippen LogP contribution is -2.07. The molecule has 0 amide bonds. The zero-order chi connectivity index (χ0) is 22.6. The van der Waals surface area contributed by atoms with E-state index in [1.165, 1.54) is 80.2 Å². The van der Waals surface area contributed by atoms with Crippen molar-refractivity contribution in [2.75, 3.05) is 6.54 Å². The minimum atomic E-state index is 0.971. The van der Waals surface area contributed by atoms with E-state index in [2.05, 4.69) is 78.7 Å². The van der Waals surface area contributed by atoms with Crippen LogP contribution in [0, 0.1) is 24.3 Å². The van der Waals surface area contributed by atoms with Crippen molar-refractivity contribution >= 4 is 64.4 Å². The van der Waals surface area contributed by atoms with Crippen molar-refractivity contribution in [3.63, 3.8) is 0 Å². The molecule has 5 rings (SSSR count). The van der Waals surface area contributed by atoms with Gasteiger partial charge in [-0.3, -0.25) is 0 Å². The fourth-order valence-electron chi connectivity index (χ4n) is 4.43. The van der Waals surface area contributed by atoms with E-state index in [4.69, 9.17) is 6.42 Å². The first-order chi connectivity index (χ1) is 16.2. The maximum atomic E-state index is 5.62. The van der Waals surface area contributed by atoms with Crippen molar-refractivity contribution in [1.29, 1.82) is 0 Å². The van der Waals surface area contributed by atoms with E-state index in [1.54, 1.807) is 22.7 Å². The van der Waals surface area contributed by atoms with Gasteiger partial charge < -0.3 is 5.32 Å². The summed E-state index contributed by atoms with van der Waals surface area (Å²) in [5.41, 5.74) is 0. The van der Waals surface area contributed by atoms with Crippen molar-refractivity contribution in [2.45, 2.75) is 45.4 Å². The zero-order valence-electron chi connectivity index (χ0n) is 19.0. The Morgan fingerprint density at radius 3 is 2.00 bits per heavy atom. The van der Waals surface area contributed by atoms with Crippen LogP contribution in [0.1, 0.15) is 55.2 Å². The molecular formula is C30H27NS2. The quantitative estimate of drug-likeness (QED) is 0.110. The molecule has 0 aliphatic carbocycles. The minimum absolute atomic E-state index is 0.971. The number of nitrogens with one attached hydrogen (secondary N) is 1. The number of hydrogen-bond donors (Lipinski definition) is 1. The molecule has 3 heteroatoms. The van der Waals surface area contributed by atoms with Gasteiger partial charge in [-0.25, -0.2) is 0 Å². The Labute approximate surface area is 203 Å². The van der Waals surface area contributed by atoms with Crippen LogP contribution in [0.25, 0.3) is 41.7 Å². The number of terminal acetylenes is 1. The fourth-order valence-corrected chi connectivity index (χ4v) is 6.26. The van der Waals surface area contributed by atoms with Crippen LogP contribution in [-0.2, 0) is 0 Å².